The van der Waals surface area contributed by atoms with Crippen molar-refractivity contribution in [2.45, 2.75) is 74.3 Å². The molecule has 8 nitrogen and oxygen atoms in total. The number of nitrogens with zero attached hydrogens (tertiary/aromatic N) is 1. The molecule has 6 aliphatic rings. The van der Waals surface area contributed by atoms with Crippen LogP contribution in [0.5, 0.6) is 0 Å². The highest BCUT2D eigenvalue weighted by molar-refractivity contribution is 5.41. The predicted molar refractivity (Wildman–Crippen MR) is 119 cm³/mol. The van der Waals surface area contributed by atoms with Crippen LogP contribution in [-0.4, -0.2) is 110 Å². The number of hydrogen-bond donors (Lipinski definition) is 3. The summed E-state index contributed by atoms with van der Waals surface area (Å²) in [4.78, 5) is 2.33. The van der Waals surface area contributed by atoms with E-state index in [4.69, 9.17) is 18.9 Å². The van der Waals surface area contributed by atoms with Crippen LogP contribution in [0.2, 0.25) is 0 Å². The summed E-state index contributed by atoms with van der Waals surface area (Å²) in [6.45, 7) is 4.18. The Labute approximate surface area is 196 Å². The average molecular weight is 468 g/mol. The molecule has 8 heteroatoms. The maximum Gasteiger partial charge on any atom is 0.136 e. The minimum absolute atomic E-state index is 0.00825. The van der Waals surface area contributed by atoms with Crippen molar-refractivity contribution < 1.29 is 34.3 Å². The normalized spacial score (nSPS) is 60.9. The Bertz CT molecular complexity index is 814. The van der Waals surface area contributed by atoms with Crippen molar-refractivity contribution in [3.63, 3.8) is 0 Å². The molecule has 5 aliphatic carbocycles. The number of fused-ring (bicyclic) bond motifs is 2. The largest absolute Gasteiger partial charge is 0.392 e. The van der Waals surface area contributed by atoms with Crippen molar-refractivity contribution in [2.75, 3.05) is 48.1 Å². The smallest absolute Gasteiger partial charge is 0.136 e. The Kier molecular flexibility index (Phi) is 4.99. The monoisotopic (exact) mass is 467 g/mol. The van der Waals surface area contributed by atoms with Crippen molar-refractivity contribution in [3.05, 3.63) is 0 Å². The molecule has 13 atom stereocenters. The molecule has 5 saturated carbocycles. The third kappa shape index (κ3) is 2.20. The van der Waals surface area contributed by atoms with Crippen LogP contribution >= 0.6 is 0 Å². The summed E-state index contributed by atoms with van der Waals surface area (Å²) in [6.07, 6.45) is 1.06. The first-order chi connectivity index (χ1) is 15.8. The van der Waals surface area contributed by atoms with Crippen molar-refractivity contribution in [1.82, 2.24) is 4.90 Å². The highest BCUT2D eigenvalue weighted by Crippen LogP contribution is 2.80. The second kappa shape index (κ2) is 7.13. The molecular formula is C25H41NO7. The van der Waals surface area contributed by atoms with Crippen LogP contribution in [0.15, 0.2) is 0 Å². The number of ether oxygens (including phenoxy) is 4. The number of aliphatic hydroxyl groups excluding tert-OH is 1. The maximum atomic E-state index is 12.9. The van der Waals surface area contributed by atoms with Crippen LogP contribution in [0.4, 0.5) is 0 Å². The van der Waals surface area contributed by atoms with Gasteiger partial charge in [0.1, 0.15) is 11.2 Å². The highest BCUT2D eigenvalue weighted by atomic mass is 16.5. The van der Waals surface area contributed by atoms with Gasteiger partial charge in [0.25, 0.3) is 0 Å². The van der Waals surface area contributed by atoms with Crippen LogP contribution in [0, 0.1) is 34.5 Å². The number of piperidine rings is 1. The van der Waals surface area contributed by atoms with Crippen LogP contribution in [0.3, 0.4) is 0 Å². The quantitative estimate of drug-likeness (QED) is 0.512. The SMILES string of the molecule is CCN1CC2(COC)CC[C@H](O)C34C5C[C@@H]6C(OC)C[C@@](O)(C5[C@H]6OC)C(O)(C(OC)C23)[C@H]14. The topological polar surface area (TPSA) is 101 Å². The molecule has 6 fully saturated rings. The van der Waals surface area contributed by atoms with Gasteiger partial charge in [0, 0.05) is 70.0 Å². The Morgan fingerprint density at radius 2 is 1.82 bits per heavy atom. The molecule has 8 unspecified atom stereocenters. The molecule has 1 saturated heterocycles. The van der Waals surface area contributed by atoms with E-state index in [0.717, 1.165) is 25.9 Å². The highest BCUT2D eigenvalue weighted by Gasteiger charge is 2.91. The number of hydrogen-bond acceptors (Lipinski definition) is 8. The van der Waals surface area contributed by atoms with Gasteiger partial charge in [-0.05, 0) is 31.7 Å². The summed E-state index contributed by atoms with van der Waals surface area (Å²) < 4.78 is 24.0. The molecule has 1 spiro atoms. The Morgan fingerprint density at radius 3 is 2.42 bits per heavy atom. The van der Waals surface area contributed by atoms with E-state index in [1.807, 2.05) is 0 Å². The first kappa shape index (κ1) is 23.1. The molecule has 7 bridgehead atoms. The molecule has 0 aromatic rings. The molecule has 6 rings (SSSR count). The predicted octanol–water partition coefficient (Wildman–Crippen LogP) is 0.271. The standard InChI is InChI=1S/C25H41NO7/c1-6-26-11-22(12-30-2)8-7-16(27)24-14-9-13-15(31-3)10-23(28,17(14)18(13)32-4)25(29,21(24)26)20(33-5)19(22)24/h13-21,27-29H,6-12H2,1-5H3/t13-,14?,15?,16+,17?,18+,19?,20?,21-,22?,23-,24?,25?/m1/s1. The van der Waals surface area contributed by atoms with Gasteiger partial charge >= 0.3 is 0 Å². The second-order valence-electron chi connectivity index (χ2n) is 11.9. The number of likely N-dealkylation sites (tertiary alicyclic amines) is 1. The van der Waals surface area contributed by atoms with Crippen molar-refractivity contribution in [2.24, 2.45) is 34.5 Å². The Balaban J connectivity index is 1.67. The van der Waals surface area contributed by atoms with Gasteiger partial charge in [0.2, 0.25) is 0 Å². The zero-order valence-corrected chi connectivity index (χ0v) is 20.6. The molecule has 33 heavy (non-hydrogen) atoms. The maximum absolute atomic E-state index is 12.9. The minimum atomic E-state index is -1.55. The minimum Gasteiger partial charge on any atom is -0.392 e. The zero-order valence-electron chi connectivity index (χ0n) is 20.6. The molecule has 3 N–H and O–H groups in total. The lowest BCUT2D eigenvalue weighted by Crippen LogP contribution is -2.82. The molecule has 188 valence electrons. The summed E-state index contributed by atoms with van der Waals surface area (Å²) in [5.41, 5.74) is -3.82. The van der Waals surface area contributed by atoms with Crippen LogP contribution in [0.25, 0.3) is 0 Å². The van der Waals surface area contributed by atoms with E-state index >= 15 is 0 Å². The van der Waals surface area contributed by atoms with Gasteiger partial charge in [0.05, 0.1) is 37.1 Å². The molecule has 1 heterocycles. The van der Waals surface area contributed by atoms with Crippen molar-refractivity contribution >= 4 is 0 Å². The van der Waals surface area contributed by atoms with Crippen LogP contribution in [-0.2, 0) is 18.9 Å². The van der Waals surface area contributed by atoms with E-state index in [0.29, 0.717) is 19.4 Å². The molecule has 0 amide bonds. The average Bonchev–Trinajstić information content (AvgIpc) is 3.22. The van der Waals surface area contributed by atoms with Gasteiger partial charge in [0.15, 0.2) is 0 Å². The van der Waals surface area contributed by atoms with Gasteiger partial charge in [-0.25, -0.2) is 0 Å². The summed E-state index contributed by atoms with van der Waals surface area (Å²) in [6, 6.07) is -0.386. The number of aliphatic hydroxyl groups is 3. The molecule has 0 radical (unpaired) electrons. The van der Waals surface area contributed by atoms with Crippen molar-refractivity contribution in [3.8, 4) is 0 Å². The van der Waals surface area contributed by atoms with Gasteiger partial charge in [-0.1, -0.05) is 6.92 Å². The third-order valence-electron chi connectivity index (χ3n) is 11.5. The fourth-order valence-corrected chi connectivity index (χ4v) is 11.0. The van der Waals surface area contributed by atoms with E-state index in [1.54, 1.807) is 28.4 Å². The lowest BCUT2D eigenvalue weighted by atomic mass is 9.42. The van der Waals surface area contributed by atoms with Gasteiger partial charge in [-0.15, -0.1) is 0 Å². The van der Waals surface area contributed by atoms with Crippen molar-refractivity contribution in [1.29, 1.82) is 0 Å². The second-order valence-corrected chi connectivity index (χ2v) is 11.9. The van der Waals surface area contributed by atoms with E-state index in [9.17, 15) is 15.3 Å². The summed E-state index contributed by atoms with van der Waals surface area (Å²) in [5.74, 6) is -0.231. The molecular weight excluding hydrogens is 426 g/mol. The van der Waals surface area contributed by atoms with E-state index in [2.05, 4.69) is 11.8 Å². The first-order valence-electron chi connectivity index (χ1n) is 12.7. The number of rotatable bonds is 6. The lowest BCUT2D eigenvalue weighted by Gasteiger charge is -2.69. The number of likely N-dealkylation sites (N-methyl/N-ethyl adjacent to an activating group) is 1. The lowest BCUT2D eigenvalue weighted by molar-refractivity contribution is -0.318. The van der Waals surface area contributed by atoms with Gasteiger partial charge < -0.3 is 34.3 Å². The van der Waals surface area contributed by atoms with Crippen LogP contribution < -0.4 is 0 Å². The van der Waals surface area contributed by atoms with Gasteiger partial charge in [-0.3, -0.25) is 4.90 Å². The first-order valence-corrected chi connectivity index (χ1v) is 12.7. The fraction of sp³-hybridized carbons (Fsp3) is 1.00. The molecule has 0 aromatic heterocycles. The Morgan fingerprint density at radius 1 is 1.06 bits per heavy atom. The third-order valence-corrected chi connectivity index (χ3v) is 11.5. The molecule has 0 aromatic carbocycles. The fourth-order valence-electron chi connectivity index (χ4n) is 11.0. The summed E-state index contributed by atoms with van der Waals surface area (Å²) in [5, 5.41) is 37.6. The number of methoxy groups -OCH3 is 4. The van der Waals surface area contributed by atoms with Gasteiger partial charge in [-0.2, -0.15) is 0 Å². The van der Waals surface area contributed by atoms with Crippen LogP contribution in [0.1, 0.15) is 32.6 Å². The Hall–Kier alpha value is -0.320. The van der Waals surface area contributed by atoms with E-state index in [-0.39, 0.29) is 47.3 Å². The summed E-state index contributed by atoms with van der Waals surface area (Å²) in [7, 11) is 6.79. The summed E-state index contributed by atoms with van der Waals surface area (Å²) >= 11 is 0. The van der Waals surface area contributed by atoms with E-state index in [1.165, 1.54) is 0 Å². The molecule has 1 aliphatic heterocycles. The zero-order chi connectivity index (χ0) is 23.6. The van der Waals surface area contributed by atoms with E-state index < -0.39 is 28.8 Å².